The number of para-hydroxylation sites is 3. The molecule has 0 unspecified atom stereocenters. The molecule has 0 saturated heterocycles. The van der Waals surface area contributed by atoms with Crippen LogP contribution in [0.15, 0.2) is 128 Å². The Morgan fingerprint density at radius 1 is 0.462 bits per heavy atom. The van der Waals surface area contributed by atoms with Gasteiger partial charge in [-0.2, -0.15) is 0 Å². The van der Waals surface area contributed by atoms with Gasteiger partial charge in [0.2, 0.25) is 0 Å². The maximum absolute atomic E-state index is 4.34. The van der Waals surface area contributed by atoms with Crippen LogP contribution < -0.4 is 0 Å². The summed E-state index contributed by atoms with van der Waals surface area (Å²) in [6, 6.07) is 41.6. The van der Waals surface area contributed by atoms with Gasteiger partial charge in [-0.25, -0.2) is 0 Å². The average Bonchev–Trinajstić information content (AvgIpc) is 3.66. The third-order valence-corrected chi connectivity index (χ3v) is 9.16. The standard InChI is InChI=1S/C35H21N3S/c1-2-10-22(11-3-1)38-28-16-8-5-13-25(28)32-33-30(31-26-14-6-9-17-29(26)39-35(31)34(32)38)24-12-4-7-15-27(24)37(33)23-18-20-36-21-19-23/h1-21H. The number of aromatic nitrogens is 3. The lowest BCUT2D eigenvalue weighted by molar-refractivity contribution is 1.16. The van der Waals surface area contributed by atoms with Crippen molar-refractivity contribution >= 4 is 75.1 Å². The molecule has 4 heteroatoms. The van der Waals surface area contributed by atoms with Crippen LogP contribution in [0.3, 0.4) is 0 Å². The van der Waals surface area contributed by atoms with E-state index in [1.54, 1.807) is 0 Å². The zero-order chi connectivity index (χ0) is 25.5. The monoisotopic (exact) mass is 515 g/mol. The first-order valence-electron chi connectivity index (χ1n) is 13.2. The third-order valence-electron chi connectivity index (χ3n) is 7.98. The lowest BCUT2D eigenvalue weighted by atomic mass is 10.0. The predicted molar refractivity (Wildman–Crippen MR) is 166 cm³/mol. The van der Waals surface area contributed by atoms with Crippen molar-refractivity contribution in [2.24, 2.45) is 0 Å². The van der Waals surface area contributed by atoms with E-state index in [4.69, 9.17) is 0 Å². The van der Waals surface area contributed by atoms with E-state index in [0.29, 0.717) is 0 Å². The van der Waals surface area contributed by atoms with Gasteiger partial charge in [0.15, 0.2) is 0 Å². The molecule has 9 aromatic rings. The van der Waals surface area contributed by atoms with Crippen molar-refractivity contribution in [3.63, 3.8) is 0 Å². The molecule has 4 aromatic heterocycles. The van der Waals surface area contributed by atoms with Gasteiger partial charge in [0.1, 0.15) is 0 Å². The zero-order valence-corrected chi connectivity index (χ0v) is 21.7. The summed E-state index contributed by atoms with van der Waals surface area (Å²) in [6.45, 7) is 0. The van der Waals surface area contributed by atoms with Crippen molar-refractivity contribution in [2.75, 3.05) is 0 Å². The molecule has 0 fully saturated rings. The summed E-state index contributed by atoms with van der Waals surface area (Å²) in [5.74, 6) is 0. The summed E-state index contributed by atoms with van der Waals surface area (Å²) in [4.78, 5) is 4.34. The fraction of sp³-hybridized carbons (Fsp3) is 0. The maximum Gasteiger partial charge on any atom is 0.0741 e. The Bertz CT molecular complexity index is 2370. The molecule has 0 N–H and O–H groups in total. The van der Waals surface area contributed by atoms with Crippen LogP contribution in [0.25, 0.3) is 75.2 Å². The highest BCUT2D eigenvalue weighted by Gasteiger charge is 2.26. The molecule has 9 rings (SSSR count). The molecule has 0 atom stereocenters. The van der Waals surface area contributed by atoms with Crippen LogP contribution >= 0.6 is 11.3 Å². The molecule has 3 nitrogen and oxygen atoms in total. The van der Waals surface area contributed by atoms with Gasteiger partial charge >= 0.3 is 0 Å². The van der Waals surface area contributed by atoms with Crippen molar-refractivity contribution in [1.29, 1.82) is 0 Å². The molecule has 0 radical (unpaired) electrons. The Labute approximate surface area is 227 Å². The normalized spacial score (nSPS) is 12.1. The molecule has 0 amide bonds. The largest absolute Gasteiger partial charge is 0.308 e. The minimum absolute atomic E-state index is 1.12. The summed E-state index contributed by atoms with van der Waals surface area (Å²) < 4.78 is 7.56. The minimum atomic E-state index is 1.12. The molecule has 4 heterocycles. The van der Waals surface area contributed by atoms with Gasteiger partial charge in [0.25, 0.3) is 0 Å². The first-order valence-corrected chi connectivity index (χ1v) is 14.0. The zero-order valence-electron chi connectivity index (χ0n) is 20.9. The Hall–Kier alpha value is -4.93. The quantitative estimate of drug-likeness (QED) is 0.225. The number of pyridine rings is 1. The second-order valence-corrected chi connectivity index (χ2v) is 11.0. The molecule has 0 aliphatic carbocycles. The van der Waals surface area contributed by atoms with Gasteiger partial charge in [-0.3, -0.25) is 4.98 Å². The molecule has 39 heavy (non-hydrogen) atoms. The number of rotatable bonds is 2. The highest BCUT2D eigenvalue weighted by molar-refractivity contribution is 7.27. The van der Waals surface area contributed by atoms with Crippen molar-refractivity contribution in [1.82, 2.24) is 14.1 Å². The fourth-order valence-corrected chi connectivity index (χ4v) is 7.74. The molecule has 0 bridgehead atoms. The van der Waals surface area contributed by atoms with E-state index in [2.05, 4.69) is 129 Å². The van der Waals surface area contributed by atoms with E-state index in [-0.39, 0.29) is 0 Å². The van der Waals surface area contributed by atoms with E-state index in [0.717, 1.165) is 5.69 Å². The first kappa shape index (κ1) is 21.1. The van der Waals surface area contributed by atoms with Crippen LogP contribution in [0.5, 0.6) is 0 Å². The van der Waals surface area contributed by atoms with Crippen LogP contribution in [0, 0.1) is 0 Å². The molecule has 5 aromatic carbocycles. The van der Waals surface area contributed by atoms with Crippen LogP contribution in [-0.2, 0) is 0 Å². The van der Waals surface area contributed by atoms with Gasteiger partial charge in [-0.1, -0.05) is 72.8 Å². The van der Waals surface area contributed by atoms with Gasteiger partial charge in [-0.05, 0) is 42.5 Å². The van der Waals surface area contributed by atoms with Gasteiger partial charge in [0, 0.05) is 60.8 Å². The smallest absolute Gasteiger partial charge is 0.0741 e. The maximum atomic E-state index is 4.34. The summed E-state index contributed by atoms with van der Waals surface area (Å²) in [6.07, 6.45) is 3.78. The third kappa shape index (κ3) is 2.73. The molecule has 0 saturated carbocycles. The Morgan fingerprint density at radius 3 is 1.77 bits per heavy atom. The lowest BCUT2D eigenvalue weighted by Crippen LogP contribution is -1.95. The number of hydrogen-bond donors (Lipinski definition) is 0. The van der Waals surface area contributed by atoms with Crippen molar-refractivity contribution in [3.8, 4) is 11.4 Å². The molecular weight excluding hydrogens is 494 g/mol. The number of benzene rings is 5. The van der Waals surface area contributed by atoms with E-state index >= 15 is 0 Å². The van der Waals surface area contributed by atoms with E-state index in [1.165, 1.54) is 69.5 Å². The second kappa shape index (κ2) is 7.79. The Morgan fingerprint density at radius 2 is 1.03 bits per heavy atom. The van der Waals surface area contributed by atoms with Crippen molar-refractivity contribution in [2.45, 2.75) is 0 Å². The number of hydrogen-bond acceptors (Lipinski definition) is 2. The molecule has 182 valence electrons. The molecular formula is C35H21N3S. The average molecular weight is 516 g/mol. The molecule has 0 spiro atoms. The van der Waals surface area contributed by atoms with Gasteiger partial charge in [-0.15, -0.1) is 11.3 Å². The lowest BCUT2D eigenvalue weighted by Gasteiger charge is -2.11. The Kier molecular flexibility index (Phi) is 4.21. The van der Waals surface area contributed by atoms with Crippen LogP contribution in [0.2, 0.25) is 0 Å². The first-order chi connectivity index (χ1) is 19.4. The topological polar surface area (TPSA) is 22.8 Å². The summed E-state index contributed by atoms with van der Waals surface area (Å²) >= 11 is 1.90. The predicted octanol–water partition coefficient (Wildman–Crippen LogP) is 9.64. The highest BCUT2D eigenvalue weighted by atomic mass is 32.1. The SMILES string of the molecule is c1ccc(-n2c3ccccc3c3c2c2sc4ccccc4c2c2c4ccccc4n(-c4ccncc4)c23)cc1. The second-order valence-electron chi connectivity index (χ2n) is 10.00. The van der Waals surface area contributed by atoms with Crippen LogP contribution in [-0.4, -0.2) is 14.1 Å². The Balaban J connectivity index is 1.70. The van der Waals surface area contributed by atoms with Gasteiger partial charge in [0.05, 0.1) is 26.8 Å². The fourth-order valence-electron chi connectivity index (χ4n) is 6.49. The number of thiophene rings is 1. The number of fused-ring (bicyclic) bond motifs is 12. The van der Waals surface area contributed by atoms with Crippen molar-refractivity contribution in [3.05, 3.63) is 128 Å². The molecule has 0 aliphatic rings. The molecule has 0 aliphatic heterocycles. The van der Waals surface area contributed by atoms with E-state index < -0.39 is 0 Å². The summed E-state index contributed by atoms with van der Waals surface area (Å²) in [5, 5.41) is 7.79. The van der Waals surface area contributed by atoms with E-state index in [9.17, 15) is 0 Å². The van der Waals surface area contributed by atoms with Crippen molar-refractivity contribution < 1.29 is 0 Å². The van der Waals surface area contributed by atoms with E-state index in [1.807, 2.05) is 23.7 Å². The summed E-state index contributed by atoms with van der Waals surface area (Å²) in [7, 11) is 0. The minimum Gasteiger partial charge on any atom is -0.308 e. The van der Waals surface area contributed by atoms with Crippen LogP contribution in [0.4, 0.5) is 0 Å². The van der Waals surface area contributed by atoms with Gasteiger partial charge < -0.3 is 9.13 Å². The highest BCUT2D eigenvalue weighted by Crippen LogP contribution is 2.50. The van der Waals surface area contributed by atoms with Crippen LogP contribution in [0.1, 0.15) is 0 Å². The number of nitrogens with zero attached hydrogens (tertiary/aromatic N) is 3. The summed E-state index contributed by atoms with van der Waals surface area (Å²) in [5.41, 5.74) is 7.24.